The lowest BCUT2D eigenvalue weighted by atomic mass is 9.58. The van der Waals surface area contributed by atoms with Gasteiger partial charge in [-0.15, -0.1) is 0 Å². The number of fused-ring (bicyclic) bond motifs is 3. The van der Waals surface area contributed by atoms with E-state index < -0.39 is 0 Å². The van der Waals surface area contributed by atoms with E-state index >= 15 is 0 Å². The number of hydrogen-bond acceptors (Lipinski definition) is 1. The molecule has 0 aliphatic carbocycles. The van der Waals surface area contributed by atoms with Crippen LogP contribution in [0.25, 0.3) is 44.6 Å². The van der Waals surface area contributed by atoms with Gasteiger partial charge in [-0.2, -0.15) is 4.57 Å². The fourth-order valence-corrected chi connectivity index (χ4v) is 8.60. The maximum atomic E-state index is 14.3. The van der Waals surface area contributed by atoms with Crippen molar-refractivity contribution in [2.24, 2.45) is 0 Å². The smallest absolute Gasteiger partial charge is 0.213 e. The molecule has 0 fully saturated rings. The first-order valence-corrected chi connectivity index (χ1v) is 18.0. The third-order valence-corrected chi connectivity index (χ3v) is 11.3. The molecule has 0 N–H and O–H groups in total. The predicted octanol–water partition coefficient (Wildman–Crippen LogP) is 11.8. The minimum Gasteiger partial charge on any atom is -0.289 e. The second kappa shape index (κ2) is 13.4. The molecule has 244 valence electrons. The quantitative estimate of drug-likeness (QED) is 0.108. The molecule has 49 heavy (non-hydrogen) atoms. The number of nitrogens with zero attached hydrogens (tertiary/aromatic N) is 1. The van der Waals surface area contributed by atoms with E-state index in [1.54, 1.807) is 0 Å². The lowest BCUT2D eigenvalue weighted by Gasteiger charge is -2.48. The highest BCUT2D eigenvalue weighted by molar-refractivity contribution is 6.11. The molecule has 0 bridgehead atoms. The molecule has 6 aromatic rings. The number of carbonyl (C=O) groups excluding carboxylic acids is 1. The van der Waals surface area contributed by atoms with Crippen molar-refractivity contribution in [3.8, 4) is 44.6 Å². The molecular formula is C47H46NO+. The number of aromatic nitrogens is 1. The highest BCUT2D eigenvalue weighted by Gasteiger charge is 2.58. The molecular weight excluding hydrogens is 595 g/mol. The zero-order chi connectivity index (χ0) is 34.0. The summed E-state index contributed by atoms with van der Waals surface area (Å²) in [5, 5.41) is 0. The van der Waals surface area contributed by atoms with E-state index in [-0.39, 0.29) is 16.7 Å². The van der Waals surface area contributed by atoms with Crippen molar-refractivity contribution in [2.75, 3.05) is 0 Å². The summed E-state index contributed by atoms with van der Waals surface area (Å²) in [7, 11) is 0. The van der Waals surface area contributed by atoms with Gasteiger partial charge in [-0.25, -0.2) is 0 Å². The molecule has 2 nitrogen and oxygen atoms in total. The minimum absolute atomic E-state index is 0.00254. The monoisotopic (exact) mass is 640 g/mol. The third kappa shape index (κ3) is 5.64. The number of benzene rings is 5. The van der Waals surface area contributed by atoms with Gasteiger partial charge in [-0.1, -0.05) is 125 Å². The average molecular weight is 641 g/mol. The van der Waals surface area contributed by atoms with Crippen molar-refractivity contribution < 1.29 is 9.36 Å². The molecule has 0 saturated heterocycles. The van der Waals surface area contributed by atoms with E-state index in [9.17, 15) is 4.79 Å². The van der Waals surface area contributed by atoms with Crippen LogP contribution < -0.4 is 4.57 Å². The van der Waals surface area contributed by atoms with Crippen LogP contribution in [0.15, 0.2) is 146 Å². The van der Waals surface area contributed by atoms with Crippen LogP contribution in [0.2, 0.25) is 0 Å². The second-order valence-electron chi connectivity index (χ2n) is 13.8. The van der Waals surface area contributed by atoms with E-state index in [2.05, 4.69) is 117 Å². The Labute approximate surface area is 292 Å². The third-order valence-electron chi connectivity index (χ3n) is 11.3. The summed E-state index contributed by atoms with van der Waals surface area (Å²) in [4.78, 5) is 14.3. The normalized spacial score (nSPS) is 16.1. The van der Waals surface area contributed by atoms with Gasteiger partial charge in [-0.05, 0) is 88.7 Å². The molecule has 5 aromatic carbocycles. The van der Waals surface area contributed by atoms with Gasteiger partial charge < -0.3 is 0 Å². The van der Waals surface area contributed by atoms with Gasteiger partial charge in [0.25, 0.3) is 0 Å². The van der Waals surface area contributed by atoms with Crippen LogP contribution in [-0.2, 0) is 11.0 Å². The first kappa shape index (κ1) is 32.5. The summed E-state index contributed by atoms with van der Waals surface area (Å²) >= 11 is 0. The van der Waals surface area contributed by atoms with Crippen molar-refractivity contribution in [1.82, 2.24) is 0 Å². The molecule has 1 unspecified atom stereocenters. The number of pyridine rings is 1. The molecule has 0 radical (unpaired) electrons. The lowest BCUT2D eigenvalue weighted by Crippen LogP contribution is -2.68. The fraction of sp³-hybridized carbons (Fsp3) is 0.234. The molecule has 0 spiro atoms. The van der Waals surface area contributed by atoms with Crippen molar-refractivity contribution in [2.45, 2.75) is 70.8 Å². The van der Waals surface area contributed by atoms with Gasteiger partial charge in [-0.3, -0.25) is 4.79 Å². The molecule has 1 aliphatic heterocycles. The lowest BCUT2D eigenvalue weighted by molar-refractivity contribution is -0.769. The second-order valence-corrected chi connectivity index (χ2v) is 13.8. The van der Waals surface area contributed by atoms with Crippen LogP contribution in [0.4, 0.5) is 0 Å². The SMILES string of the molecule is CCCCC1(C)c2ccc(-c3cccc(C(=O)c4cc(-c5ccccc5)cc(-c5ccccc5)c4)c3)cc2-c2cccc[n+]2C1(CC)CC. The van der Waals surface area contributed by atoms with Crippen molar-refractivity contribution in [3.63, 3.8) is 0 Å². The Kier molecular flexibility index (Phi) is 8.90. The summed E-state index contributed by atoms with van der Waals surface area (Å²) in [6, 6.07) is 48.7. The van der Waals surface area contributed by atoms with Crippen LogP contribution in [0, 0.1) is 0 Å². The van der Waals surface area contributed by atoms with Crippen LogP contribution in [0.3, 0.4) is 0 Å². The maximum Gasteiger partial charge on any atom is 0.213 e. The molecule has 0 amide bonds. The average Bonchev–Trinajstić information content (AvgIpc) is 3.17. The van der Waals surface area contributed by atoms with Gasteiger partial charge in [0.15, 0.2) is 17.5 Å². The molecule has 1 atom stereocenters. The largest absolute Gasteiger partial charge is 0.289 e. The standard InChI is InChI=1S/C47H46NO/c1-5-8-27-46(4)43-26-25-37(33-42(43)44-24-15-16-28-48(44)47(46,6-2)7-3)36-22-17-23-38(29-36)45(49)41-31-39(34-18-11-9-12-19-34)30-40(32-41)35-20-13-10-14-21-35/h9-26,28-33H,5-8,27H2,1-4H3/q+1. The number of rotatable bonds is 10. The minimum atomic E-state index is -0.00254. The van der Waals surface area contributed by atoms with E-state index in [4.69, 9.17) is 0 Å². The molecule has 1 aliphatic rings. The summed E-state index contributed by atoms with van der Waals surface area (Å²) in [5.74, 6) is 0.0264. The molecule has 2 heterocycles. The Morgan fingerprint density at radius 3 is 1.80 bits per heavy atom. The van der Waals surface area contributed by atoms with Crippen LogP contribution >= 0.6 is 0 Å². The topological polar surface area (TPSA) is 20.9 Å². The zero-order valence-corrected chi connectivity index (χ0v) is 29.2. The number of hydrogen-bond donors (Lipinski definition) is 0. The Morgan fingerprint density at radius 2 is 1.16 bits per heavy atom. The van der Waals surface area contributed by atoms with Crippen molar-refractivity contribution in [1.29, 1.82) is 0 Å². The van der Waals surface area contributed by atoms with Gasteiger partial charge in [0, 0.05) is 36.1 Å². The summed E-state index contributed by atoms with van der Waals surface area (Å²) in [6.07, 6.45) is 7.98. The molecule has 1 aromatic heterocycles. The first-order valence-electron chi connectivity index (χ1n) is 18.0. The van der Waals surface area contributed by atoms with Gasteiger partial charge in [0.1, 0.15) is 0 Å². The Bertz CT molecular complexity index is 2050. The van der Waals surface area contributed by atoms with E-state index in [0.29, 0.717) is 11.1 Å². The molecule has 7 rings (SSSR count). The van der Waals surface area contributed by atoms with E-state index in [1.807, 2.05) is 60.7 Å². The van der Waals surface area contributed by atoms with Crippen LogP contribution in [0.5, 0.6) is 0 Å². The summed E-state index contributed by atoms with van der Waals surface area (Å²) in [6.45, 7) is 9.52. The van der Waals surface area contributed by atoms with Gasteiger partial charge in [0.05, 0.1) is 11.0 Å². The summed E-state index contributed by atoms with van der Waals surface area (Å²) < 4.78 is 2.58. The van der Waals surface area contributed by atoms with Crippen molar-refractivity contribution >= 4 is 5.78 Å². The molecule has 2 heteroatoms. The van der Waals surface area contributed by atoms with Crippen LogP contribution in [0.1, 0.15) is 81.3 Å². The number of unbranched alkanes of at least 4 members (excludes halogenated alkanes) is 1. The fourth-order valence-electron chi connectivity index (χ4n) is 8.60. The summed E-state index contributed by atoms with van der Waals surface area (Å²) in [5.41, 5.74) is 11.8. The highest BCUT2D eigenvalue weighted by atomic mass is 16.1. The molecule has 0 saturated carbocycles. The highest BCUT2D eigenvalue weighted by Crippen LogP contribution is 2.52. The predicted molar refractivity (Wildman–Crippen MR) is 204 cm³/mol. The van der Waals surface area contributed by atoms with E-state index in [0.717, 1.165) is 52.6 Å². The van der Waals surface area contributed by atoms with E-state index in [1.165, 1.54) is 29.7 Å². The number of ketones is 1. The Balaban J connectivity index is 1.31. The maximum absolute atomic E-state index is 14.3. The van der Waals surface area contributed by atoms with Crippen molar-refractivity contribution in [3.05, 3.63) is 162 Å². The van der Waals surface area contributed by atoms with Gasteiger partial charge >= 0.3 is 0 Å². The Hall–Kier alpha value is -5.08. The number of carbonyl (C=O) groups is 1. The van der Waals surface area contributed by atoms with Gasteiger partial charge in [0.2, 0.25) is 5.69 Å². The Morgan fingerprint density at radius 1 is 0.571 bits per heavy atom. The van der Waals surface area contributed by atoms with Crippen LogP contribution in [-0.4, -0.2) is 5.78 Å². The zero-order valence-electron chi connectivity index (χ0n) is 29.2. The first-order chi connectivity index (χ1) is 23.9.